The Morgan fingerprint density at radius 3 is 1.02 bits per heavy atom. The Balaban J connectivity index is -0.00000529. The Bertz CT molecular complexity index is 1130. The van der Waals surface area contributed by atoms with Gasteiger partial charge in [-0.25, -0.2) is 0 Å². The first-order valence-corrected chi connectivity index (χ1v) is 15.4. The molecule has 0 saturated heterocycles. The fraction of sp³-hybridized carbons (Fsp3) is 0.583. The molecule has 0 aliphatic carbocycles. The molecule has 288 valence electrons. The summed E-state index contributed by atoms with van der Waals surface area (Å²) in [5.41, 5.74) is -0.215. The van der Waals surface area contributed by atoms with Crippen LogP contribution in [0.4, 0.5) is 0 Å². The fourth-order valence-electron chi connectivity index (χ4n) is 4.34. The molecule has 2 aromatic carbocycles. The summed E-state index contributed by atoms with van der Waals surface area (Å²) in [6, 6.07) is 23.6. The van der Waals surface area contributed by atoms with Gasteiger partial charge in [-0.3, -0.25) is 76.6 Å². The molecule has 0 fully saturated rings. The molecular weight excluding hydrogens is 1280 g/mol. The average Bonchev–Trinajstić information content (AvgIpc) is 2.88. The van der Waals surface area contributed by atoms with Crippen molar-refractivity contribution in [2.45, 2.75) is 92.2 Å². The standard InChI is InChI=1S/C36H51N3O6.2Er.2Re/c1-34(2,3)43-31(40)26-37(20-22-38(24-29-16-12-10-13-17-29)27-32(41)44-35(4,5)6)21-23-39(25-30-18-14-11-15-19-30)28-33(42)45-36(7,8)9;;;;/h10-15H,20-28H2,1-9H3;;;;/q-4;;;;. The van der Waals surface area contributed by atoms with Gasteiger partial charge in [-0.15, -0.1) is 0 Å². The van der Waals surface area contributed by atoms with Crippen molar-refractivity contribution in [2.24, 2.45) is 0 Å². The number of benzene rings is 2. The van der Waals surface area contributed by atoms with Crippen LogP contribution >= 0.6 is 0 Å². The second-order valence-electron chi connectivity index (χ2n) is 14.0. The van der Waals surface area contributed by atoms with Crippen LogP contribution in [0.5, 0.6) is 0 Å². The zero-order valence-electron chi connectivity index (χ0n) is 30.0. The van der Waals surface area contributed by atoms with Crippen molar-refractivity contribution in [3.63, 3.8) is 0 Å². The van der Waals surface area contributed by atoms with Crippen LogP contribution in [0.15, 0.2) is 36.4 Å². The van der Waals surface area contributed by atoms with Gasteiger partial charge in [0.25, 0.3) is 0 Å². The van der Waals surface area contributed by atoms with Crippen LogP contribution in [-0.4, -0.2) is 95.2 Å². The molecule has 13 heteroatoms. The van der Waals surface area contributed by atoms with Crippen molar-refractivity contribution >= 4 is 17.9 Å². The topological polar surface area (TPSA) is 88.6 Å². The predicted octanol–water partition coefficient (Wildman–Crippen LogP) is 4.51. The Hall–Kier alpha value is 0.548. The van der Waals surface area contributed by atoms with E-state index in [1.54, 1.807) is 0 Å². The second-order valence-corrected chi connectivity index (χ2v) is 14.0. The smallest absolute Gasteiger partial charge is 0.320 e. The molecule has 0 bridgehead atoms. The van der Waals surface area contributed by atoms with Gasteiger partial charge in [0.2, 0.25) is 0 Å². The summed E-state index contributed by atoms with van der Waals surface area (Å²) in [7, 11) is 0. The number of ether oxygens (including phenoxy) is 3. The predicted molar refractivity (Wildman–Crippen MR) is 173 cm³/mol. The van der Waals surface area contributed by atoms with Crippen molar-refractivity contribution in [1.82, 2.24) is 14.7 Å². The van der Waals surface area contributed by atoms with Crippen molar-refractivity contribution < 1.29 is 144 Å². The van der Waals surface area contributed by atoms with Crippen LogP contribution in [0.2, 0.25) is 0 Å². The molecule has 0 aliphatic heterocycles. The Morgan fingerprint density at radius 1 is 0.510 bits per heavy atom. The SMILES string of the molecule is CC(C)(C)OC(=O)CN(CCN(CC(=O)OC(C)(C)C)Cc1[c-]ccc[c-]1)CCN(CC(=O)OC(C)(C)C)Cc1[c-]ccc[c-]1.[Er].[Er].[Re].[Re]. The van der Waals surface area contributed by atoms with Crippen molar-refractivity contribution in [2.75, 3.05) is 45.8 Å². The second kappa shape index (κ2) is 26.3. The fourth-order valence-corrected chi connectivity index (χ4v) is 4.34. The van der Waals surface area contributed by atoms with E-state index in [4.69, 9.17) is 14.2 Å². The number of esters is 3. The van der Waals surface area contributed by atoms with Gasteiger partial charge in [-0.2, -0.15) is 0 Å². The maximum absolute atomic E-state index is 13.0. The van der Waals surface area contributed by atoms with Gasteiger partial charge in [-0.05, 0) is 75.4 Å². The third-order valence-electron chi connectivity index (χ3n) is 5.96. The average molecular weight is 1330 g/mol. The van der Waals surface area contributed by atoms with E-state index in [-0.39, 0.29) is 153 Å². The number of hydrogen-bond donors (Lipinski definition) is 0. The van der Waals surface area contributed by atoms with E-state index in [1.807, 2.05) is 113 Å². The third kappa shape index (κ3) is 27.8. The van der Waals surface area contributed by atoms with Crippen LogP contribution in [0.3, 0.4) is 0 Å². The summed E-state index contributed by atoms with van der Waals surface area (Å²) >= 11 is 0. The van der Waals surface area contributed by atoms with Crippen molar-refractivity contribution in [1.29, 1.82) is 0 Å². The molecule has 2 aromatic rings. The van der Waals surface area contributed by atoms with Gasteiger partial charge in [0.05, 0.1) is 19.6 Å². The van der Waals surface area contributed by atoms with E-state index in [1.165, 1.54) is 0 Å². The van der Waals surface area contributed by atoms with Crippen molar-refractivity contribution in [3.8, 4) is 0 Å². The number of hydrogen-bond acceptors (Lipinski definition) is 9. The maximum atomic E-state index is 13.0. The normalized spacial score (nSPS) is 11.4. The molecule has 9 nitrogen and oxygen atoms in total. The molecule has 0 spiro atoms. The Labute approximate surface area is 381 Å². The van der Waals surface area contributed by atoms with Gasteiger partial charge >= 0.3 is 17.9 Å². The molecule has 0 amide bonds. The summed E-state index contributed by atoms with van der Waals surface area (Å²) in [6.07, 6.45) is 0. The van der Waals surface area contributed by atoms with Gasteiger partial charge in [0.15, 0.2) is 0 Å². The van der Waals surface area contributed by atoms with Crippen LogP contribution in [0.1, 0.15) is 73.4 Å². The van der Waals surface area contributed by atoms with Crippen molar-refractivity contribution in [3.05, 3.63) is 71.8 Å². The summed E-state index contributed by atoms with van der Waals surface area (Å²) < 4.78 is 16.8. The zero-order chi connectivity index (χ0) is 33.7. The van der Waals surface area contributed by atoms with E-state index >= 15 is 0 Å². The van der Waals surface area contributed by atoms with E-state index < -0.39 is 16.8 Å². The number of nitrogens with zero attached hydrogens (tertiary/aromatic N) is 3. The summed E-state index contributed by atoms with van der Waals surface area (Å²) in [4.78, 5) is 44.5. The summed E-state index contributed by atoms with van der Waals surface area (Å²) in [5, 5.41) is 0. The molecule has 0 aliphatic rings. The van der Waals surface area contributed by atoms with E-state index in [0.717, 1.165) is 11.1 Å². The minimum absolute atomic E-state index is 0. The maximum Gasteiger partial charge on any atom is 0.320 e. The minimum Gasteiger partial charge on any atom is -0.459 e. The quantitative estimate of drug-likeness (QED) is 0.137. The molecular formula is C36H51Er2N3O6Re2-4. The molecule has 0 atom stereocenters. The molecule has 2 radical (unpaired) electrons. The number of carbonyl (C=O) groups is 3. The van der Waals surface area contributed by atoms with E-state index in [9.17, 15) is 14.4 Å². The van der Waals surface area contributed by atoms with Crippen LogP contribution in [0.25, 0.3) is 0 Å². The largest absolute Gasteiger partial charge is 0.459 e. The van der Waals surface area contributed by atoms with E-state index in [2.05, 4.69) is 24.3 Å². The number of carbonyl (C=O) groups excluding carboxylic acids is 3. The minimum atomic E-state index is -0.633. The zero-order valence-corrected chi connectivity index (χ0v) is 39.1. The third-order valence-corrected chi connectivity index (χ3v) is 5.96. The van der Waals surface area contributed by atoms with Crippen LogP contribution in [0, 0.1) is 98.9 Å². The van der Waals surface area contributed by atoms with Gasteiger partial charge in [0.1, 0.15) is 16.8 Å². The monoisotopic (exact) mass is 1330 g/mol. The molecule has 0 N–H and O–H groups in total. The Kier molecular flexibility index (Phi) is 29.0. The summed E-state index contributed by atoms with van der Waals surface area (Å²) in [6.45, 7) is 19.4. The van der Waals surface area contributed by atoms with Gasteiger partial charge in [0, 0.05) is 142 Å². The first-order valence-electron chi connectivity index (χ1n) is 15.4. The molecule has 0 saturated carbocycles. The van der Waals surface area contributed by atoms with Gasteiger partial charge in [-0.1, -0.05) is 0 Å². The molecule has 2 rings (SSSR count). The van der Waals surface area contributed by atoms with Gasteiger partial charge < -0.3 is 38.5 Å². The number of rotatable bonds is 16. The van der Waals surface area contributed by atoms with Crippen LogP contribution < -0.4 is 0 Å². The van der Waals surface area contributed by atoms with E-state index in [0.29, 0.717) is 39.3 Å². The Morgan fingerprint density at radius 2 is 0.755 bits per heavy atom. The first kappa shape index (κ1) is 53.9. The van der Waals surface area contributed by atoms with Crippen LogP contribution in [-0.2, 0) is 82.5 Å². The summed E-state index contributed by atoms with van der Waals surface area (Å²) in [5.74, 6) is -1.03. The first-order chi connectivity index (χ1) is 20.9. The molecule has 0 heterocycles. The molecule has 0 unspecified atom stereocenters. The molecule has 49 heavy (non-hydrogen) atoms. The molecule has 0 aromatic heterocycles.